The number of benzene rings is 2. The van der Waals surface area contributed by atoms with E-state index in [1.807, 2.05) is 25.1 Å². The summed E-state index contributed by atoms with van der Waals surface area (Å²) in [4.78, 5) is 0. The van der Waals surface area contributed by atoms with Crippen LogP contribution < -0.4 is 14.8 Å². The zero-order valence-electron chi connectivity index (χ0n) is 18.7. The standard InChI is InChI=1S/C24H32Cl3NO2/c1-7-29-21-11-16(13-28-24(5,6)15-23(2,3)4)10-20(27)22(21)30-14-17-8-9-18(25)12-19(17)26/h8-12,28H,7,13-15H2,1-6H3. The molecule has 0 fully saturated rings. The Balaban J connectivity index is 2.16. The first kappa shape index (κ1) is 25.1. The molecule has 1 N–H and O–H groups in total. The van der Waals surface area contributed by atoms with Crippen molar-refractivity contribution in [3.63, 3.8) is 0 Å². The highest BCUT2D eigenvalue weighted by molar-refractivity contribution is 6.35. The fourth-order valence-corrected chi connectivity index (χ4v) is 4.40. The summed E-state index contributed by atoms with van der Waals surface area (Å²) < 4.78 is 11.8. The van der Waals surface area contributed by atoms with Crippen LogP contribution in [0.1, 0.15) is 59.1 Å². The Bertz CT molecular complexity index is 860. The van der Waals surface area contributed by atoms with Crippen LogP contribution in [-0.2, 0) is 13.2 Å². The molecule has 0 spiro atoms. The fourth-order valence-electron chi connectivity index (χ4n) is 3.64. The summed E-state index contributed by atoms with van der Waals surface area (Å²) in [5.41, 5.74) is 2.11. The van der Waals surface area contributed by atoms with E-state index in [1.165, 1.54) is 0 Å². The molecule has 0 amide bonds. The molecule has 30 heavy (non-hydrogen) atoms. The van der Waals surface area contributed by atoms with Crippen molar-refractivity contribution in [1.29, 1.82) is 0 Å². The first-order valence-corrected chi connectivity index (χ1v) is 11.3. The first-order valence-electron chi connectivity index (χ1n) is 10.2. The summed E-state index contributed by atoms with van der Waals surface area (Å²) in [5.74, 6) is 1.14. The summed E-state index contributed by atoms with van der Waals surface area (Å²) >= 11 is 18.8. The van der Waals surface area contributed by atoms with E-state index in [9.17, 15) is 0 Å². The van der Waals surface area contributed by atoms with Gasteiger partial charge in [-0.25, -0.2) is 0 Å². The molecule has 166 valence electrons. The molecule has 0 aliphatic heterocycles. The minimum absolute atomic E-state index is 0.00297. The lowest BCUT2D eigenvalue weighted by molar-refractivity contribution is 0.240. The largest absolute Gasteiger partial charge is 0.490 e. The first-order chi connectivity index (χ1) is 13.9. The minimum atomic E-state index is -0.00297. The SMILES string of the molecule is CCOc1cc(CNC(C)(C)CC(C)(C)C)cc(Cl)c1OCc1ccc(Cl)cc1Cl. The molecule has 0 aliphatic rings. The normalized spacial score (nSPS) is 12.2. The van der Waals surface area contributed by atoms with E-state index >= 15 is 0 Å². The maximum atomic E-state index is 6.57. The van der Waals surface area contributed by atoms with E-state index in [4.69, 9.17) is 44.3 Å². The van der Waals surface area contributed by atoms with E-state index in [0.29, 0.717) is 39.7 Å². The lowest BCUT2D eigenvalue weighted by Gasteiger charge is -2.33. The molecule has 2 rings (SSSR count). The molecular formula is C24H32Cl3NO2. The summed E-state index contributed by atoms with van der Waals surface area (Å²) in [6, 6.07) is 9.22. The van der Waals surface area contributed by atoms with E-state index in [2.05, 4.69) is 39.9 Å². The van der Waals surface area contributed by atoms with Gasteiger partial charge in [0.15, 0.2) is 11.5 Å². The van der Waals surface area contributed by atoms with Gasteiger partial charge in [0.25, 0.3) is 0 Å². The van der Waals surface area contributed by atoms with Crippen LogP contribution in [-0.4, -0.2) is 12.1 Å². The van der Waals surface area contributed by atoms with Crippen LogP contribution >= 0.6 is 34.8 Å². The summed E-state index contributed by atoms with van der Waals surface area (Å²) in [7, 11) is 0. The van der Waals surface area contributed by atoms with Crippen LogP contribution in [0.15, 0.2) is 30.3 Å². The molecule has 0 aliphatic carbocycles. The molecule has 3 nitrogen and oxygen atoms in total. The van der Waals surface area contributed by atoms with Crippen molar-refractivity contribution in [2.45, 2.75) is 66.7 Å². The molecule has 6 heteroatoms. The number of hydrogen-bond donors (Lipinski definition) is 1. The van der Waals surface area contributed by atoms with Crippen molar-refractivity contribution in [1.82, 2.24) is 5.32 Å². The van der Waals surface area contributed by atoms with E-state index in [1.54, 1.807) is 12.1 Å². The van der Waals surface area contributed by atoms with E-state index < -0.39 is 0 Å². The predicted molar refractivity (Wildman–Crippen MR) is 128 cm³/mol. The van der Waals surface area contributed by atoms with Crippen LogP contribution in [0.3, 0.4) is 0 Å². The maximum Gasteiger partial charge on any atom is 0.180 e. The Hall–Kier alpha value is -1.13. The average Bonchev–Trinajstić information content (AvgIpc) is 2.59. The van der Waals surface area contributed by atoms with Crippen molar-refractivity contribution in [3.8, 4) is 11.5 Å². The lowest BCUT2D eigenvalue weighted by Crippen LogP contribution is -2.41. The van der Waals surface area contributed by atoms with Gasteiger partial charge in [-0.1, -0.05) is 61.6 Å². The van der Waals surface area contributed by atoms with Gasteiger partial charge in [0.05, 0.1) is 11.6 Å². The molecule has 2 aromatic rings. The van der Waals surface area contributed by atoms with Crippen molar-refractivity contribution >= 4 is 34.8 Å². The summed E-state index contributed by atoms with van der Waals surface area (Å²) in [6.45, 7) is 14.6. The average molecular weight is 473 g/mol. The second-order valence-electron chi connectivity index (χ2n) is 9.34. The van der Waals surface area contributed by atoms with Crippen LogP contribution in [0.25, 0.3) is 0 Å². The van der Waals surface area contributed by atoms with Gasteiger partial charge in [0.1, 0.15) is 6.61 Å². The van der Waals surface area contributed by atoms with Crippen molar-refractivity contribution < 1.29 is 9.47 Å². The topological polar surface area (TPSA) is 30.5 Å². The Labute approximate surface area is 196 Å². The minimum Gasteiger partial charge on any atom is -0.490 e. The lowest BCUT2D eigenvalue weighted by atomic mass is 9.82. The van der Waals surface area contributed by atoms with Gasteiger partial charge < -0.3 is 14.8 Å². The number of ether oxygens (including phenoxy) is 2. The Morgan fingerprint density at radius 2 is 1.60 bits per heavy atom. The van der Waals surface area contributed by atoms with Crippen molar-refractivity contribution in [2.75, 3.05) is 6.61 Å². The van der Waals surface area contributed by atoms with Crippen LogP contribution in [0.2, 0.25) is 15.1 Å². The monoisotopic (exact) mass is 471 g/mol. The highest BCUT2D eigenvalue weighted by atomic mass is 35.5. The van der Waals surface area contributed by atoms with Crippen molar-refractivity contribution in [2.24, 2.45) is 5.41 Å². The third-order valence-electron chi connectivity index (χ3n) is 4.50. The quantitative estimate of drug-likeness (QED) is 0.402. The van der Waals surface area contributed by atoms with Gasteiger partial charge in [0, 0.05) is 27.7 Å². The molecule has 0 heterocycles. The number of halogens is 3. The molecule has 0 bridgehead atoms. The van der Waals surface area contributed by atoms with Gasteiger partial charge in [-0.05, 0) is 62.4 Å². The molecule has 0 aromatic heterocycles. The highest BCUT2D eigenvalue weighted by Gasteiger charge is 2.25. The van der Waals surface area contributed by atoms with Crippen LogP contribution in [0, 0.1) is 5.41 Å². The Morgan fingerprint density at radius 3 is 2.20 bits per heavy atom. The van der Waals surface area contributed by atoms with Gasteiger partial charge >= 0.3 is 0 Å². The summed E-state index contributed by atoms with van der Waals surface area (Å²) in [5, 5.41) is 5.28. The van der Waals surface area contributed by atoms with Crippen LogP contribution in [0.5, 0.6) is 11.5 Å². The third kappa shape index (κ3) is 7.85. The molecule has 0 saturated heterocycles. The van der Waals surface area contributed by atoms with Crippen molar-refractivity contribution in [3.05, 3.63) is 56.5 Å². The number of rotatable bonds is 9. The second kappa shape index (κ2) is 10.5. The molecular weight excluding hydrogens is 441 g/mol. The smallest absolute Gasteiger partial charge is 0.180 e. The fraction of sp³-hybridized carbons (Fsp3) is 0.500. The predicted octanol–water partition coefficient (Wildman–Crippen LogP) is 7.93. The second-order valence-corrected chi connectivity index (χ2v) is 10.6. The number of nitrogens with one attached hydrogen (secondary N) is 1. The molecule has 0 saturated carbocycles. The summed E-state index contributed by atoms with van der Waals surface area (Å²) in [6.07, 6.45) is 1.05. The maximum absolute atomic E-state index is 6.57. The molecule has 0 unspecified atom stereocenters. The Kier molecular flexibility index (Phi) is 8.76. The molecule has 0 atom stereocenters. The Morgan fingerprint density at radius 1 is 0.900 bits per heavy atom. The zero-order chi connectivity index (χ0) is 22.5. The highest BCUT2D eigenvalue weighted by Crippen LogP contribution is 2.38. The van der Waals surface area contributed by atoms with Gasteiger partial charge in [-0.3, -0.25) is 0 Å². The van der Waals surface area contributed by atoms with E-state index in [0.717, 1.165) is 17.5 Å². The van der Waals surface area contributed by atoms with Gasteiger partial charge in [0.2, 0.25) is 0 Å². The zero-order valence-corrected chi connectivity index (χ0v) is 20.9. The third-order valence-corrected chi connectivity index (χ3v) is 5.37. The molecule has 2 aromatic carbocycles. The van der Waals surface area contributed by atoms with E-state index in [-0.39, 0.29) is 17.6 Å². The molecule has 0 radical (unpaired) electrons. The van der Waals surface area contributed by atoms with Gasteiger partial charge in [-0.2, -0.15) is 0 Å². The van der Waals surface area contributed by atoms with Crippen LogP contribution in [0.4, 0.5) is 0 Å². The van der Waals surface area contributed by atoms with Gasteiger partial charge in [-0.15, -0.1) is 0 Å². The number of hydrogen-bond acceptors (Lipinski definition) is 3.